The zero-order chi connectivity index (χ0) is 15.3. The maximum absolute atomic E-state index is 10.6. The molecule has 1 unspecified atom stereocenters. The predicted molar refractivity (Wildman–Crippen MR) is 84.6 cm³/mol. The molecule has 1 fully saturated rings. The lowest BCUT2D eigenvalue weighted by molar-refractivity contribution is -0.0573. The van der Waals surface area contributed by atoms with Gasteiger partial charge >= 0.3 is 0 Å². The lowest BCUT2D eigenvalue weighted by Gasteiger charge is -2.35. The quantitative estimate of drug-likeness (QED) is 0.836. The fraction of sp³-hybridized carbons (Fsp3) is 0.688. The highest BCUT2D eigenvalue weighted by molar-refractivity contribution is 5.39. The summed E-state index contributed by atoms with van der Waals surface area (Å²) in [5.41, 5.74) is 0.517. The Morgan fingerprint density at radius 3 is 2.71 bits per heavy atom. The van der Waals surface area contributed by atoms with Crippen molar-refractivity contribution in [2.75, 3.05) is 38.3 Å². The molecule has 1 saturated heterocycles. The summed E-state index contributed by atoms with van der Waals surface area (Å²) in [5.74, 6) is 0.891. The van der Waals surface area contributed by atoms with Crippen LogP contribution in [-0.4, -0.2) is 49.0 Å². The summed E-state index contributed by atoms with van der Waals surface area (Å²) in [6, 6.07) is 4.42. The van der Waals surface area contributed by atoms with E-state index >= 15 is 0 Å². The third-order valence-corrected chi connectivity index (χ3v) is 4.13. The second-order valence-corrected chi connectivity index (χ2v) is 5.92. The predicted octanol–water partition coefficient (Wildman–Crippen LogP) is 1.73. The van der Waals surface area contributed by atoms with Gasteiger partial charge in [0.05, 0.1) is 5.60 Å². The first-order valence-electron chi connectivity index (χ1n) is 7.75. The van der Waals surface area contributed by atoms with Gasteiger partial charge in [-0.2, -0.15) is 0 Å². The van der Waals surface area contributed by atoms with E-state index in [4.69, 9.17) is 4.74 Å². The van der Waals surface area contributed by atoms with Crippen LogP contribution in [0.1, 0.15) is 38.3 Å². The maximum atomic E-state index is 10.6. The van der Waals surface area contributed by atoms with Gasteiger partial charge in [-0.25, -0.2) is 4.98 Å². The molecule has 1 aliphatic heterocycles. The first-order valence-corrected chi connectivity index (χ1v) is 7.75. The summed E-state index contributed by atoms with van der Waals surface area (Å²) >= 11 is 0. The number of likely N-dealkylation sites (N-methyl/N-ethyl adjacent to an activating group) is 1. The second kappa shape index (κ2) is 7.20. The van der Waals surface area contributed by atoms with Gasteiger partial charge in [0.15, 0.2) is 0 Å². The van der Waals surface area contributed by atoms with E-state index in [0.29, 0.717) is 38.6 Å². The van der Waals surface area contributed by atoms with Gasteiger partial charge in [0, 0.05) is 51.9 Å². The maximum Gasteiger partial charge on any atom is 0.128 e. The molecule has 118 valence electrons. The summed E-state index contributed by atoms with van der Waals surface area (Å²) < 4.78 is 5.32. The van der Waals surface area contributed by atoms with Gasteiger partial charge in [0.2, 0.25) is 0 Å². The first-order chi connectivity index (χ1) is 10.0. The number of nitrogens with zero attached hydrogens (tertiary/aromatic N) is 2. The van der Waals surface area contributed by atoms with Crippen LogP contribution < -0.4 is 10.2 Å². The van der Waals surface area contributed by atoms with Crippen molar-refractivity contribution in [3.8, 4) is 0 Å². The van der Waals surface area contributed by atoms with Crippen molar-refractivity contribution in [2.24, 2.45) is 0 Å². The summed E-state index contributed by atoms with van der Waals surface area (Å²) in [6.45, 7) is 7.03. The zero-order valence-corrected chi connectivity index (χ0v) is 13.3. The van der Waals surface area contributed by atoms with Gasteiger partial charge in [-0.15, -0.1) is 0 Å². The van der Waals surface area contributed by atoms with E-state index in [2.05, 4.69) is 30.2 Å². The molecule has 21 heavy (non-hydrogen) atoms. The molecule has 5 heteroatoms. The van der Waals surface area contributed by atoms with Crippen LogP contribution in [0.25, 0.3) is 0 Å². The number of rotatable bonds is 6. The highest BCUT2D eigenvalue weighted by Crippen LogP contribution is 2.23. The molecule has 5 nitrogen and oxygen atoms in total. The van der Waals surface area contributed by atoms with E-state index in [1.54, 1.807) is 0 Å². The molecule has 0 saturated carbocycles. The summed E-state index contributed by atoms with van der Waals surface area (Å²) in [6.07, 6.45) is 3.28. The first kappa shape index (κ1) is 16.2. The average molecular weight is 293 g/mol. The van der Waals surface area contributed by atoms with E-state index < -0.39 is 5.60 Å². The fourth-order valence-corrected chi connectivity index (χ4v) is 2.74. The van der Waals surface area contributed by atoms with E-state index in [9.17, 15) is 5.11 Å². The molecule has 1 aliphatic rings. The molecule has 2 heterocycles. The summed E-state index contributed by atoms with van der Waals surface area (Å²) in [5, 5.41) is 13.9. The van der Waals surface area contributed by atoms with Crippen LogP contribution in [-0.2, 0) is 4.74 Å². The van der Waals surface area contributed by atoms with E-state index in [0.717, 1.165) is 12.4 Å². The van der Waals surface area contributed by atoms with Gasteiger partial charge in [0.25, 0.3) is 0 Å². The molecule has 0 amide bonds. The van der Waals surface area contributed by atoms with Crippen molar-refractivity contribution >= 4 is 5.82 Å². The molecule has 1 atom stereocenters. The van der Waals surface area contributed by atoms with Crippen LogP contribution in [0.3, 0.4) is 0 Å². The summed E-state index contributed by atoms with van der Waals surface area (Å²) in [7, 11) is 1.98. The van der Waals surface area contributed by atoms with E-state index in [-0.39, 0.29) is 0 Å². The van der Waals surface area contributed by atoms with Crippen LogP contribution in [0.2, 0.25) is 0 Å². The van der Waals surface area contributed by atoms with E-state index in [1.807, 2.05) is 24.2 Å². The van der Waals surface area contributed by atoms with Crippen molar-refractivity contribution in [3.63, 3.8) is 0 Å². The van der Waals surface area contributed by atoms with Crippen LogP contribution in [0.5, 0.6) is 0 Å². The number of aromatic nitrogens is 1. The van der Waals surface area contributed by atoms with Gasteiger partial charge in [-0.1, -0.05) is 13.0 Å². The molecule has 1 aromatic heterocycles. The molecule has 0 radical (unpaired) electrons. The van der Waals surface area contributed by atoms with Crippen LogP contribution in [0.15, 0.2) is 18.3 Å². The zero-order valence-electron chi connectivity index (χ0n) is 13.3. The smallest absolute Gasteiger partial charge is 0.128 e. The highest BCUT2D eigenvalue weighted by Gasteiger charge is 2.31. The van der Waals surface area contributed by atoms with Gasteiger partial charge in [-0.3, -0.25) is 0 Å². The van der Waals surface area contributed by atoms with Gasteiger partial charge < -0.3 is 20.1 Å². The second-order valence-electron chi connectivity index (χ2n) is 5.92. The van der Waals surface area contributed by atoms with Gasteiger partial charge in [0.1, 0.15) is 5.82 Å². The minimum absolute atomic E-state index is 0.307. The Balaban J connectivity index is 1.97. The van der Waals surface area contributed by atoms with Gasteiger partial charge in [-0.05, 0) is 25.1 Å². The van der Waals surface area contributed by atoms with E-state index in [1.165, 1.54) is 5.56 Å². The molecule has 0 aliphatic carbocycles. The normalized spacial score (nSPS) is 19.2. The van der Waals surface area contributed by atoms with Crippen molar-refractivity contribution < 1.29 is 9.84 Å². The number of ether oxygens (including phenoxy) is 1. The average Bonchev–Trinajstić information content (AvgIpc) is 2.48. The molecule has 0 bridgehead atoms. The van der Waals surface area contributed by atoms with Crippen LogP contribution in [0, 0.1) is 0 Å². The Morgan fingerprint density at radius 2 is 2.14 bits per heavy atom. The molecule has 2 N–H and O–H groups in total. The Morgan fingerprint density at radius 1 is 1.43 bits per heavy atom. The fourth-order valence-electron chi connectivity index (χ4n) is 2.74. The Kier molecular flexibility index (Phi) is 5.56. The number of hydrogen-bond acceptors (Lipinski definition) is 5. The minimum Gasteiger partial charge on any atom is -0.388 e. The standard InChI is InChI=1S/C16H27N3O2/c1-4-17-13(2)14-5-6-15(18-11-14)19(3)12-16(20)7-9-21-10-8-16/h5-6,11,13,17,20H,4,7-10,12H2,1-3H3. The molecular formula is C16H27N3O2. The molecule has 1 aromatic rings. The summed E-state index contributed by atoms with van der Waals surface area (Å²) in [4.78, 5) is 6.54. The number of nitrogens with one attached hydrogen (secondary N) is 1. The SMILES string of the molecule is CCNC(C)c1ccc(N(C)CC2(O)CCOCC2)nc1. The Hall–Kier alpha value is -1.17. The minimum atomic E-state index is -0.662. The van der Waals surface area contributed by atoms with Crippen LogP contribution >= 0.6 is 0 Å². The van der Waals surface area contributed by atoms with Crippen LogP contribution in [0.4, 0.5) is 5.82 Å². The number of hydrogen-bond donors (Lipinski definition) is 2. The molecular weight excluding hydrogens is 266 g/mol. The lowest BCUT2D eigenvalue weighted by atomic mass is 9.94. The number of pyridine rings is 1. The third kappa shape index (κ3) is 4.40. The molecule has 2 rings (SSSR count). The Bertz CT molecular complexity index is 430. The number of anilines is 1. The highest BCUT2D eigenvalue weighted by atomic mass is 16.5. The molecule has 0 aromatic carbocycles. The molecule has 0 spiro atoms. The van der Waals surface area contributed by atoms with Crippen molar-refractivity contribution in [1.29, 1.82) is 0 Å². The van der Waals surface area contributed by atoms with Crippen molar-refractivity contribution in [1.82, 2.24) is 10.3 Å². The topological polar surface area (TPSA) is 57.6 Å². The third-order valence-electron chi connectivity index (χ3n) is 4.13. The van der Waals surface area contributed by atoms with Crippen molar-refractivity contribution in [2.45, 2.75) is 38.3 Å². The lowest BCUT2D eigenvalue weighted by Crippen LogP contribution is -2.46. The Labute approximate surface area is 127 Å². The number of aliphatic hydroxyl groups is 1. The monoisotopic (exact) mass is 293 g/mol. The van der Waals surface area contributed by atoms with Crippen molar-refractivity contribution in [3.05, 3.63) is 23.9 Å². The largest absolute Gasteiger partial charge is 0.388 e.